The van der Waals surface area contributed by atoms with E-state index in [1.165, 1.54) is 12.8 Å². The molecule has 2 amide bonds. The summed E-state index contributed by atoms with van der Waals surface area (Å²) in [6, 6.07) is -0.224. The minimum atomic E-state index is -0.731. The summed E-state index contributed by atoms with van der Waals surface area (Å²) in [6.45, 7) is 4.73. The first-order valence-corrected chi connectivity index (χ1v) is 8.47. The fourth-order valence-electron chi connectivity index (χ4n) is 2.77. The highest BCUT2D eigenvalue weighted by Gasteiger charge is 2.28. The van der Waals surface area contributed by atoms with Crippen molar-refractivity contribution in [3.05, 3.63) is 15.6 Å². The van der Waals surface area contributed by atoms with E-state index in [4.69, 9.17) is 0 Å². The van der Waals surface area contributed by atoms with Gasteiger partial charge in [-0.3, -0.25) is 0 Å². The summed E-state index contributed by atoms with van der Waals surface area (Å²) in [5.41, 5.74) is 0.241. The quantitative estimate of drug-likeness (QED) is 0.748. The van der Waals surface area contributed by atoms with Gasteiger partial charge in [-0.1, -0.05) is 25.7 Å². The number of hydrogen-bond acceptors (Lipinski definition) is 4. The van der Waals surface area contributed by atoms with E-state index < -0.39 is 5.60 Å². The zero-order valence-corrected chi connectivity index (χ0v) is 13.7. The molecule has 21 heavy (non-hydrogen) atoms. The molecular weight excluding hydrogens is 286 g/mol. The van der Waals surface area contributed by atoms with Gasteiger partial charge in [0.05, 0.1) is 22.8 Å². The van der Waals surface area contributed by atoms with E-state index in [-0.39, 0.29) is 6.03 Å². The number of nitrogens with zero attached hydrogens (tertiary/aromatic N) is 1. The Bertz CT molecular complexity index is 479. The van der Waals surface area contributed by atoms with Gasteiger partial charge in [0.1, 0.15) is 0 Å². The van der Waals surface area contributed by atoms with Gasteiger partial charge in [0.2, 0.25) is 0 Å². The fourth-order valence-corrected chi connectivity index (χ4v) is 3.65. The van der Waals surface area contributed by atoms with Crippen molar-refractivity contribution in [2.24, 2.45) is 0 Å². The van der Waals surface area contributed by atoms with Gasteiger partial charge < -0.3 is 15.7 Å². The highest BCUT2D eigenvalue weighted by molar-refractivity contribution is 7.11. The van der Waals surface area contributed by atoms with Crippen molar-refractivity contribution in [3.63, 3.8) is 0 Å². The number of nitrogens with one attached hydrogen (secondary N) is 2. The largest absolute Gasteiger partial charge is 0.388 e. The van der Waals surface area contributed by atoms with Gasteiger partial charge in [-0.15, -0.1) is 11.3 Å². The molecule has 2 rings (SSSR count). The van der Waals surface area contributed by atoms with Crippen LogP contribution in [-0.4, -0.2) is 28.3 Å². The Labute approximate surface area is 130 Å². The molecule has 1 aromatic heterocycles. The molecule has 0 aliphatic heterocycles. The van der Waals surface area contributed by atoms with Gasteiger partial charge in [0.25, 0.3) is 0 Å². The lowest BCUT2D eigenvalue weighted by molar-refractivity contribution is 0.0277. The Kier molecular flexibility index (Phi) is 5.58. The van der Waals surface area contributed by atoms with E-state index in [0.29, 0.717) is 13.1 Å². The third kappa shape index (κ3) is 4.97. The number of carbonyl (C=O) groups excluding carboxylic acids is 1. The summed E-state index contributed by atoms with van der Waals surface area (Å²) in [7, 11) is 0. The Hall–Kier alpha value is -1.14. The Morgan fingerprint density at radius 2 is 1.90 bits per heavy atom. The smallest absolute Gasteiger partial charge is 0.315 e. The second kappa shape index (κ2) is 7.22. The molecule has 118 valence electrons. The van der Waals surface area contributed by atoms with Crippen molar-refractivity contribution in [2.45, 2.75) is 64.5 Å². The van der Waals surface area contributed by atoms with Crippen molar-refractivity contribution in [1.29, 1.82) is 0 Å². The van der Waals surface area contributed by atoms with Crippen LogP contribution in [0.5, 0.6) is 0 Å². The monoisotopic (exact) mass is 311 g/mol. The first-order valence-electron chi connectivity index (χ1n) is 7.65. The molecule has 0 saturated heterocycles. The SMILES string of the molecule is Cc1nc(C)c(CNC(=O)NCC2(O)CCCCCC2)s1. The van der Waals surface area contributed by atoms with E-state index in [1.807, 2.05) is 13.8 Å². The Balaban J connectivity index is 1.75. The van der Waals surface area contributed by atoms with Gasteiger partial charge in [-0.25, -0.2) is 9.78 Å². The molecule has 1 aromatic rings. The zero-order valence-electron chi connectivity index (χ0n) is 12.9. The van der Waals surface area contributed by atoms with Crippen LogP contribution in [0.3, 0.4) is 0 Å². The summed E-state index contributed by atoms with van der Waals surface area (Å²) in [4.78, 5) is 17.3. The maximum atomic E-state index is 11.9. The topological polar surface area (TPSA) is 74.2 Å². The molecule has 1 heterocycles. The van der Waals surface area contributed by atoms with E-state index in [2.05, 4.69) is 15.6 Å². The Morgan fingerprint density at radius 1 is 1.24 bits per heavy atom. The average Bonchev–Trinajstić information content (AvgIpc) is 2.63. The van der Waals surface area contributed by atoms with Gasteiger partial charge in [0.15, 0.2) is 0 Å². The summed E-state index contributed by atoms with van der Waals surface area (Å²) >= 11 is 1.60. The van der Waals surface area contributed by atoms with Crippen molar-refractivity contribution in [1.82, 2.24) is 15.6 Å². The van der Waals surface area contributed by atoms with Crippen LogP contribution in [0.15, 0.2) is 0 Å². The molecule has 3 N–H and O–H groups in total. The summed E-state index contributed by atoms with van der Waals surface area (Å²) in [5.74, 6) is 0. The van der Waals surface area contributed by atoms with E-state index >= 15 is 0 Å². The number of aliphatic hydroxyl groups is 1. The standard InChI is InChI=1S/C15H25N3O2S/c1-11-13(21-12(2)18-11)9-16-14(19)17-10-15(20)7-5-3-4-6-8-15/h20H,3-10H2,1-2H3,(H2,16,17,19). The van der Waals surface area contributed by atoms with Crippen LogP contribution in [-0.2, 0) is 6.54 Å². The highest BCUT2D eigenvalue weighted by Crippen LogP contribution is 2.26. The molecule has 0 radical (unpaired) electrons. The van der Waals surface area contributed by atoms with Crippen LogP contribution in [0.1, 0.15) is 54.1 Å². The lowest BCUT2D eigenvalue weighted by Gasteiger charge is -2.26. The van der Waals surface area contributed by atoms with E-state index in [1.54, 1.807) is 11.3 Å². The minimum absolute atomic E-state index is 0.224. The Morgan fingerprint density at radius 3 is 2.48 bits per heavy atom. The first kappa shape index (κ1) is 16.2. The van der Waals surface area contributed by atoms with Gasteiger partial charge >= 0.3 is 6.03 Å². The first-order chi connectivity index (χ1) is 9.98. The van der Waals surface area contributed by atoms with Gasteiger partial charge in [0, 0.05) is 11.4 Å². The number of thiazole rings is 1. The second-order valence-corrected chi connectivity index (χ2v) is 7.20. The average molecular weight is 311 g/mol. The molecule has 5 nitrogen and oxygen atoms in total. The number of aryl methyl sites for hydroxylation is 2. The number of rotatable bonds is 4. The summed E-state index contributed by atoms with van der Waals surface area (Å²) in [6.07, 6.45) is 6.00. The lowest BCUT2D eigenvalue weighted by Crippen LogP contribution is -2.46. The van der Waals surface area contributed by atoms with Crippen molar-refractivity contribution >= 4 is 17.4 Å². The second-order valence-electron chi connectivity index (χ2n) is 5.92. The van der Waals surface area contributed by atoms with Crippen LogP contribution in [0, 0.1) is 13.8 Å². The van der Waals surface area contributed by atoms with Crippen LogP contribution < -0.4 is 10.6 Å². The molecule has 1 fully saturated rings. The van der Waals surface area contributed by atoms with Gasteiger partial charge in [-0.2, -0.15) is 0 Å². The molecule has 0 bridgehead atoms. The number of hydrogen-bond donors (Lipinski definition) is 3. The van der Waals surface area contributed by atoms with E-state index in [9.17, 15) is 9.90 Å². The maximum absolute atomic E-state index is 11.9. The normalized spacial score (nSPS) is 18.0. The number of amides is 2. The molecule has 1 saturated carbocycles. The van der Waals surface area contributed by atoms with Gasteiger partial charge in [-0.05, 0) is 26.7 Å². The third-order valence-electron chi connectivity index (χ3n) is 4.02. The maximum Gasteiger partial charge on any atom is 0.315 e. The van der Waals surface area contributed by atoms with Crippen LogP contribution >= 0.6 is 11.3 Å². The molecule has 0 unspecified atom stereocenters. The molecule has 6 heteroatoms. The molecule has 0 spiro atoms. The number of aromatic nitrogens is 1. The van der Waals surface area contributed by atoms with Crippen molar-refractivity contribution in [3.8, 4) is 0 Å². The predicted molar refractivity (Wildman–Crippen MR) is 84.5 cm³/mol. The fraction of sp³-hybridized carbons (Fsp3) is 0.733. The van der Waals surface area contributed by atoms with Crippen molar-refractivity contribution in [2.75, 3.05) is 6.54 Å². The van der Waals surface area contributed by atoms with Crippen LogP contribution in [0.25, 0.3) is 0 Å². The zero-order chi connectivity index (χ0) is 15.3. The molecule has 1 aliphatic rings. The molecular formula is C15H25N3O2S. The third-order valence-corrected chi connectivity index (χ3v) is 5.09. The number of carbonyl (C=O) groups is 1. The van der Waals surface area contributed by atoms with Crippen molar-refractivity contribution < 1.29 is 9.90 Å². The molecule has 1 aliphatic carbocycles. The van der Waals surface area contributed by atoms with Crippen LogP contribution in [0.4, 0.5) is 4.79 Å². The molecule has 0 aromatic carbocycles. The summed E-state index contributed by atoms with van der Waals surface area (Å²) in [5, 5.41) is 17.1. The predicted octanol–water partition coefficient (Wildman–Crippen LogP) is 2.64. The summed E-state index contributed by atoms with van der Waals surface area (Å²) < 4.78 is 0. The molecule has 0 atom stereocenters. The minimum Gasteiger partial charge on any atom is -0.388 e. The van der Waals surface area contributed by atoms with E-state index in [0.717, 1.165) is 41.3 Å². The van der Waals surface area contributed by atoms with Crippen LogP contribution in [0.2, 0.25) is 0 Å². The number of urea groups is 1. The lowest BCUT2D eigenvalue weighted by atomic mass is 9.95. The highest BCUT2D eigenvalue weighted by atomic mass is 32.1.